The first-order valence-electron chi connectivity index (χ1n) is 8.13. The van der Waals surface area contributed by atoms with E-state index in [2.05, 4.69) is 11.9 Å². The average Bonchev–Trinajstić information content (AvgIpc) is 2.57. The summed E-state index contributed by atoms with van der Waals surface area (Å²) in [6, 6.07) is 2.68. The molecule has 2 aliphatic rings. The molecule has 23 heavy (non-hydrogen) atoms. The van der Waals surface area contributed by atoms with Crippen LogP contribution in [0.4, 0.5) is 14.5 Å². The van der Waals surface area contributed by atoms with Gasteiger partial charge in [-0.25, -0.2) is 8.78 Å². The average molecular weight is 324 g/mol. The third kappa shape index (κ3) is 3.53. The van der Waals surface area contributed by atoms with Crippen molar-refractivity contribution in [1.82, 2.24) is 4.90 Å². The first-order chi connectivity index (χ1) is 11.1. The predicted octanol–water partition coefficient (Wildman–Crippen LogP) is 2.35. The number of aryl methyl sites for hydroxylation is 1. The number of hydrogen-bond donors (Lipinski definition) is 0. The van der Waals surface area contributed by atoms with E-state index in [0.717, 1.165) is 38.4 Å². The van der Waals surface area contributed by atoms with Crippen LogP contribution in [0.25, 0.3) is 0 Å². The van der Waals surface area contributed by atoms with E-state index in [0.29, 0.717) is 18.5 Å². The highest BCUT2D eigenvalue weighted by molar-refractivity contribution is 5.95. The molecule has 0 unspecified atom stereocenters. The highest BCUT2D eigenvalue weighted by Crippen LogP contribution is 2.31. The maximum Gasteiger partial charge on any atom is 0.253 e. The van der Waals surface area contributed by atoms with Crippen LogP contribution >= 0.6 is 0 Å². The Bertz CT molecular complexity index is 586. The number of likely N-dealkylation sites (tertiary alicyclic amines) is 1. The standard InChI is InChI=1S/C17H22F2N2O2/c1-20-9-6-13(7-10-20)23-11-15(22)21-8-2-3-12-4-5-14(18)16(19)17(12)21/h4-5,13H,2-3,6-11H2,1H3. The topological polar surface area (TPSA) is 32.8 Å². The number of benzene rings is 1. The summed E-state index contributed by atoms with van der Waals surface area (Å²) in [6.07, 6.45) is 3.26. The quantitative estimate of drug-likeness (QED) is 0.856. The number of anilines is 1. The number of halogens is 2. The first kappa shape index (κ1) is 16.3. The van der Waals surface area contributed by atoms with Crippen molar-refractivity contribution >= 4 is 11.6 Å². The minimum Gasteiger partial charge on any atom is -0.368 e. The van der Waals surface area contributed by atoms with Gasteiger partial charge in [0.1, 0.15) is 6.61 Å². The fourth-order valence-electron chi connectivity index (χ4n) is 3.28. The molecule has 3 rings (SSSR count). The van der Waals surface area contributed by atoms with Gasteiger partial charge in [-0.05, 0) is 44.4 Å². The lowest BCUT2D eigenvalue weighted by atomic mass is 10.0. The Kier molecular flexibility index (Phi) is 4.92. The lowest BCUT2D eigenvalue weighted by molar-refractivity contribution is -0.126. The van der Waals surface area contributed by atoms with E-state index in [1.54, 1.807) is 6.07 Å². The molecule has 1 saturated heterocycles. The van der Waals surface area contributed by atoms with Crippen LogP contribution in [0.1, 0.15) is 24.8 Å². The summed E-state index contributed by atoms with van der Waals surface area (Å²) < 4.78 is 33.3. The molecule has 1 amide bonds. The van der Waals surface area contributed by atoms with Gasteiger partial charge >= 0.3 is 0 Å². The van der Waals surface area contributed by atoms with Crippen LogP contribution in [0.15, 0.2) is 12.1 Å². The van der Waals surface area contributed by atoms with Crippen molar-refractivity contribution in [3.05, 3.63) is 29.3 Å². The van der Waals surface area contributed by atoms with Gasteiger partial charge in [-0.2, -0.15) is 0 Å². The molecule has 0 spiro atoms. The molecule has 0 radical (unpaired) electrons. The molecule has 1 aromatic rings. The maximum absolute atomic E-state index is 14.1. The van der Waals surface area contributed by atoms with Crippen LogP contribution in [0.5, 0.6) is 0 Å². The third-order valence-electron chi connectivity index (χ3n) is 4.66. The van der Waals surface area contributed by atoms with Crippen LogP contribution in [0, 0.1) is 11.6 Å². The first-order valence-corrected chi connectivity index (χ1v) is 8.13. The fraction of sp³-hybridized carbons (Fsp3) is 0.588. The van der Waals surface area contributed by atoms with E-state index >= 15 is 0 Å². The van der Waals surface area contributed by atoms with E-state index in [1.807, 2.05) is 0 Å². The Morgan fingerprint density at radius 1 is 1.26 bits per heavy atom. The summed E-state index contributed by atoms with van der Waals surface area (Å²) in [5.74, 6) is -2.15. The summed E-state index contributed by atoms with van der Waals surface area (Å²) >= 11 is 0. The number of rotatable bonds is 3. The van der Waals surface area contributed by atoms with Crippen LogP contribution in [-0.4, -0.2) is 50.2 Å². The van der Waals surface area contributed by atoms with E-state index in [1.165, 1.54) is 4.90 Å². The molecule has 0 aromatic heterocycles. The Morgan fingerprint density at radius 2 is 2.00 bits per heavy atom. The van der Waals surface area contributed by atoms with E-state index in [4.69, 9.17) is 4.74 Å². The van der Waals surface area contributed by atoms with E-state index in [9.17, 15) is 13.6 Å². The summed E-state index contributed by atoms with van der Waals surface area (Å²) in [4.78, 5) is 16.0. The van der Waals surface area contributed by atoms with Gasteiger partial charge in [0, 0.05) is 19.6 Å². The van der Waals surface area contributed by atoms with Gasteiger partial charge in [0.15, 0.2) is 11.6 Å². The molecule has 0 N–H and O–H groups in total. The minimum absolute atomic E-state index is 0.0665. The largest absolute Gasteiger partial charge is 0.368 e. The van der Waals surface area contributed by atoms with Crippen molar-refractivity contribution in [3.63, 3.8) is 0 Å². The predicted molar refractivity (Wildman–Crippen MR) is 83.5 cm³/mol. The highest BCUT2D eigenvalue weighted by atomic mass is 19.2. The number of amides is 1. The van der Waals surface area contributed by atoms with Crippen molar-refractivity contribution in [3.8, 4) is 0 Å². The summed E-state index contributed by atoms with van der Waals surface area (Å²) in [6.45, 7) is 2.23. The number of carbonyl (C=O) groups is 1. The van der Waals surface area contributed by atoms with Crippen molar-refractivity contribution in [2.75, 3.05) is 38.2 Å². The lowest BCUT2D eigenvalue weighted by Crippen LogP contribution is -2.41. The van der Waals surface area contributed by atoms with Gasteiger partial charge in [-0.3, -0.25) is 4.79 Å². The number of carbonyl (C=O) groups excluding carboxylic acids is 1. The summed E-state index contributed by atoms with van der Waals surface area (Å²) in [5, 5.41) is 0. The molecule has 6 heteroatoms. The van der Waals surface area contributed by atoms with Crippen LogP contribution < -0.4 is 4.90 Å². The van der Waals surface area contributed by atoms with E-state index in [-0.39, 0.29) is 24.3 Å². The second-order valence-electron chi connectivity index (χ2n) is 6.33. The Labute approximate surface area is 135 Å². The molecular weight excluding hydrogens is 302 g/mol. The maximum atomic E-state index is 14.1. The molecule has 0 atom stereocenters. The molecule has 1 fully saturated rings. The molecule has 4 nitrogen and oxygen atoms in total. The highest BCUT2D eigenvalue weighted by Gasteiger charge is 2.28. The van der Waals surface area contributed by atoms with Crippen LogP contribution in [0.2, 0.25) is 0 Å². The normalized spacial score (nSPS) is 19.7. The van der Waals surface area contributed by atoms with Crippen LogP contribution in [0.3, 0.4) is 0 Å². The molecular formula is C17H22F2N2O2. The minimum atomic E-state index is -0.935. The molecule has 0 saturated carbocycles. The summed E-state index contributed by atoms with van der Waals surface area (Å²) in [7, 11) is 2.06. The van der Waals surface area contributed by atoms with Crippen LogP contribution in [-0.2, 0) is 16.0 Å². The molecule has 126 valence electrons. The molecule has 1 aromatic carbocycles. The smallest absolute Gasteiger partial charge is 0.253 e. The van der Waals surface area contributed by atoms with Crippen molar-refractivity contribution < 1.29 is 18.3 Å². The summed E-state index contributed by atoms with van der Waals surface area (Å²) in [5.41, 5.74) is 0.774. The molecule has 2 aliphatic heterocycles. The second kappa shape index (κ2) is 6.93. The molecule has 0 bridgehead atoms. The zero-order valence-electron chi connectivity index (χ0n) is 13.4. The second-order valence-corrected chi connectivity index (χ2v) is 6.33. The monoisotopic (exact) mass is 324 g/mol. The van der Waals surface area contributed by atoms with Gasteiger partial charge in [-0.15, -0.1) is 0 Å². The van der Waals surface area contributed by atoms with E-state index < -0.39 is 11.6 Å². The number of hydrogen-bond acceptors (Lipinski definition) is 3. The Hall–Kier alpha value is -1.53. The van der Waals surface area contributed by atoms with Gasteiger partial charge in [0.25, 0.3) is 5.91 Å². The van der Waals surface area contributed by atoms with Gasteiger partial charge in [0.2, 0.25) is 0 Å². The Morgan fingerprint density at radius 3 is 2.74 bits per heavy atom. The van der Waals surface area contributed by atoms with Crippen molar-refractivity contribution in [2.24, 2.45) is 0 Å². The number of fused-ring (bicyclic) bond motifs is 1. The Balaban J connectivity index is 1.66. The number of nitrogens with zero attached hydrogens (tertiary/aromatic N) is 2. The van der Waals surface area contributed by atoms with Gasteiger partial charge < -0.3 is 14.5 Å². The van der Waals surface area contributed by atoms with Gasteiger partial charge in [0.05, 0.1) is 11.8 Å². The zero-order chi connectivity index (χ0) is 16.4. The number of piperidine rings is 1. The van der Waals surface area contributed by atoms with Crippen molar-refractivity contribution in [1.29, 1.82) is 0 Å². The third-order valence-corrected chi connectivity index (χ3v) is 4.66. The SMILES string of the molecule is CN1CCC(OCC(=O)N2CCCc3ccc(F)c(F)c32)CC1. The van der Waals surface area contributed by atoms with Gasteiger partial charge in [-0.1, -0.05) is 6.07 Å². The molecule has 2 heterocycles. The fourth-order valence-corrected chi connectivity index (χ4v) is 3.28. The molecule has 0 aliphatic carbocycles. The lowest BCUT2D eigenvalue weighted by Gasteiger charge is -2.32. The number of ether oxygens (including phenoxy) is 1. The zero-order valence-corrected chi connectivity index (χ0v) is 13.4. The van der Waals surface area contributed by atoms with Crippen molar-refractivity contribution in [2.45, 2.75) is 31.8 Å².